The second kappa shape index (κ2) is 6.29. The van der Waals surface area contributed by atoms with Crippen molar-refractivity contribution in [3.8, 4) is 0 Å². The minimum atomic E-state index is 0.118. The van der Waals surface area contributed by atoms with E-state index >= 15 is 0 Å². The Bertz CT molecular complexity index is 404. The SMILES string of the molecule is CC(C)(CNCC1CCC(=O)CC1)c1ccncc1. The van der Waals surface area contributed by atoms with Crippen LogP contribution < -0.4 is 5.32 Å². The number of aromatic nitrogens is 1. The van der Waals surface area contributed by atoms with Crippen LogP contribution in [0.5, 0.6) is 0 Å². The number of hydrogen-bond donors (Lipinski definition) is 1. The van der Waals surface area contributed by atoms with Gasteiger partial charge in [-0.15, -0.1) is 0 Å². The number of Topliss-reactive ketones (excluding diaryl/α,β-unsaturated/α-hetero) is 1. The first kappa shape index (κ1) is 14.2. The highest BCUT2D eigenvalue weighted by molar-refractivity contribution is 5.79. The van der Waals surface area contributed by atoms with Crippen molar-refractivity contribution in [2.45, 2.75) is 44.9 Å². The monoisotopic (exact) mass is 260 g/mol. The van der Waals surface area contributed by atoms with Crippen LogP contribution in [0.3, 0.4) is 0 Å². The highest BCUT2D eigenvalue weighted by atomic mass is 16.1. The summed E-state index contributed by atoms with van der Waals surface area (Å²) in [5.41, 5.74) is 1.43. The predicted molar refractivity (Wildman–Crippen MR) is 77.1 cm³/mol. The minimum Gasteiger partial charge on any atom is -0.316 e. The summed E-state index contributed by atoms with van der Waals surface area (Å²) in [6, 6.07) is 4.17. The first-order valence-corrected chi connectivity index (χ1v) is 7.21. The molecule has 2 rings (SSSR count). The number of ketones is 1. The fourth-order valence-corrected chi connectivity index (χ4v) is 2.70. The van der Waals surface area contributed by atoms with Gasteiger partial charge in [0.1, 0.15) is 5.78 Å². The predicted octanol–water partition coefficient (Wildman–Crippen LogP) is 2.71. The van der Waals surface area contributed by atoms with E-state index < -0.39 is 0 Å². The average molecular weight is 260 g/mol. The zero-order valence-electron chi connectivity index (χ0n) is 12.0. The third-order valence-corrected chi connectivity index (χ3v) is 4.12. The summed E-state index contributed by atoms with van der Waals surface area (Å²) in [6.07, 6.45) is 7.37. The molecule has 1 heterocycles. The lowest BCUT2D eigenvalue weighted by Crippen LogP contribution is -2.36. The molecule has 3 nitrogen and oxygen atoms in total. The van der Waals surface area contributed by atoms with E-state index in [1.54, 1.807) is 0 Å². The van der Waals surface area contributed by atoms with Gasteiger partial charge in [0, 0.05) is 37.2 Å². The lowest BCUT2D eigenvalue weighted by Gasteiger charge is -2.28. The quantitative estimate of drug-likeness (QED) is 0.885. The van der Waals surface area contributed by atoms with Crippen molar-refractivity contribution >= 4 is 5.78 Å². The molecule has 1 aliphatic rings. The van der Waals surface area contributed by atoms with E-state index in [2.05, 4.69) is 36.3 Å². The van der Waals surface area contributed by atoms with Crippen molar-refractivity contribution in [3.63, 3.8) is 0 Å². The summed E-state index contributed by atoms with van der Waals surface area (Å²) in [4.78, 5) is 15.3. The van der Waals surface area contributed by atoms with E-state index in [9.17, 15) is 4.79 Å². The molecule has 0 radical (unpaired) electrons. The molecule has 0 aliphatic heterocycles. The standard InChI is InChI=1S/C16H24N2O/c1-16(2,14-7-9-17-10-8-14)12-18-11-13-3-5-15(19)6-4-13/h7-10,13,18H,3-6,11-12H2,1-2H3. The van der Waals surface area contributed by atoms with Crippen LogP contribution in [-0.2, 0) is 10.2 Å². The molecular formula is C16H24N2O. The molecule has 0 aromatic carbocycles. The van der Waals surface area contributed by atoms with Gasteiger partial charge in [0.25, 0.3) is 0 Å². The number of rotatable bonds is 5. The smallest absolute Gasteiger partial charge is 0.132 e. The Morgan fingerprint density at radius 2 is 1.89 bits per heavy atom. The fraction of sp³-hybridized carbons (Fsp3) is 0.625. The van der Waals surface area contributed by atoms with Crippen LogP contribution in [0, 0.1) is 5.92 Å². The molecule has 0 bridgehead atoms. The zero-order valence-corrected chi connectivity index (χ0v) is 12.0. The number of carbonyl (C=O) groups is 1. The Morgan fingerprint density at radius 1 is 1.26 bits per heavy atom. The summed E-state index contributed by atoms with van der Waals surface area (Å²) >= 11 is 0. The van der Waals surface area contributed by atoms with E-state index in [4.69, 9.17) is 0 Å². The summed E-state index contributed by atoms with van der Waals surface area (Å²) < 4.78 is 0. The largest absolute Gasteiger partial charge is 0.316 e. The van der Waals surface area contributed by atoms with Crippen LogP contribution in [0.25, 0.3) is 0 Å². The molecule has 0 atom stereocenters. The van der Waals surface area contributed by atoms with Gasteiger partial charge in [-0.2, -0.15) is 0 Å². The molecule has 1 aromatic rings. The highest BCUT2D eigenvalue weighted by Crippen LogP contribution is 2.23. The van der Waals surface area contributed by atoms with Crippen LogP contribution in [0.2, 0.25) is 0 Å². The first-order valence-electron chi connectivity index (χ1n) is 7.21. The third kappa shape index (κ3) is 4.13. The molecule has 1 aromatic heterocycles. The van der Waals surface area contributed by atoms with Gasteiger partial charge in [0.2, 0.25) is 0 Å². The summed E-state index contributed by atoms with van der Waals surface area (Å²) in [7, 11) is 0. The van der Waals surface area contributed by atoms with Gasteiger partial charge >= 0.3 is 0 Å². The molecule has 1 saturated carbocycles. The van der Waals surface area contributed by atoms with E-state index in [0.717, 1.165) is 38.8 Å². The van der Waals surface area contributed by atoms with E-state index in [0.29, 0.717) is 11.7 Å². The van der Waals surface area contributed by atoms with Crippen molar-refractivity contribution in [1.82, 2.24) is 10.3 Å². The second-order valence-corrected chi connectivity index (χ2v) is 6.23. The van der Waals surface area contributed by atoms with Gasteiger partial charge in [-0.3, -0.25) is 9.78 Å². The average Bonchev–Trinajstić information content (AvgIpc) is 2.42. The lowest BCUT2D eigenvalue weighted by atomic mass is 9.84. The number of hydrogen-bond acceptors (Lipinski definition) is 3. The minimum absolute atomic E-state index is 0.118. The Morgan fingerprint density at radius 3 is 2.53 bits per heavy atom. The van der Waals surface area contributed by atoms with E-state index in [1.807, 2.05) is 12.4 Å². The van der Waals surface area contributed by atoms with Crippen LogP contribution in [-0.4, -0.2) is 23.9 Å². The maximum Gasteiger partial charge on any atom is 0.132 e. The summed E-state index contributed by atoms with van der Waals surface area (Å²) in [5.74, 6) is 1.11. The lowest BCUT2D eigenvalue weighted by molar-refractivity contribution is -0.120. The van der Waals surface area contributed by atoms with Crippen LogP contribution >= 0.6 is 0 Å². The molecule has 1 N–H and O–H groups in total. The van der Waals surface area contributed by atoms with Gasteiger partial charge < -0.3 is 5.32 Å². The number of carbonyl (C=O) groups excluding carboxylic acids is 1. The Balaban J connectivity index is 1.77. The van der Waals surface area contributed by atoms with Crippen LogP contribution in [0.15, 0.2) is 24.5 Å². The van der Waals surface area contributed by atoms with Crippen LogP contribution in [0.1, 0.15) is 45.1 Å². The van der Waals surface area contributed by atoms with Gasteiger partial charge in [-0.1, -0.05) is 13.8 Å². The Labute approximate surface area is 115 Å². The first-order chi connectivity index (χ1) is 9.08. The van der Waals surface area contributed by atoms with Gasteiger partial charge in [-0.25, -0.2) is 0 Å². The van der Waals surface area contributed by atoms with Crippen molar-refractivity contribution in [1.29, 1.82) is 0 Å². The third-order valence-electron chi connectivity index (χ3n) is 4.12. The molecule has 0 saturated heterocycles. The molecule has 0 amide bonds. The molecule has 1 aliphatic carbocycles. The number of pyridine rings is 1. The van der Waals surface area contributed by atoms with Gasteiger partial charge in [0.05, 0.1) is 0 Å². The van der Waals surface area contributed by atoms with E-state index in [1.165, 1.54) is 5.56 Å². The molecule has 0 unspecified atom stereocenters. The molecular weight excluding hydrogens is 236 g/mol. The van der Waals surface area contributed by atoms with E-state index in [-0.39, 0.29) is 5.41 Å². The zero-order chi connectivity index (χ0) is 13.7. The maximum absolute atomic E-state index is 11.2. The second-order valence-electron chi connectivity index (χ2n) is 6.23. The molecule has 104 valence electrons. The molecule has 1 fully saturated rings. The Kier molecular flexibility index (Phi) is 4.70. The number of nitrogens with zero attached hydrogens (tertiary/aromatic N) is 1. The van der Waals surface area contributed by atoms with Gasteiger partial charge in [0.15, 0.2) is 0 Å². The highest BCUT2D eigenvalue weighted by Gasteiger charge is 2.22. The van der Waals surface area contributed by atoms with Gasteiger partial charge in [-0.05, 0) is 43.0 Å². The molecule has 19 heavy (non-hydrogen) atoms. The van der Waals surface area contributed by atoms with Crippen molar-refractivity contribution in [2.24, 2.45) is 5.92 Å². The fourth-order valence-electron chi connectivity index (χ4n) is 2.70. The summed E-state index contributed by atoms with van der Waals surface area (Å²) in [6.45, 7) is 6.49. The Hall–Kier alpha value is -1.22. The van der Waals surface area contributed by atoms with Crippen molar-refractivity contribution in [3.05, 3.63) is 30.1 Å². The topological polar surface area (TPSA) is 42.0 Å². The maximum atomic E-state index is 11.2. The molecule has 3 heteroatoms. The normalized spacial score (nSPS) is 17.7. The van der Waals surface area contributed by atoms with Crippen molar-refractivity contribution < 1.29 is 4.79 Å². The number of nitrogens with one attached hydrogen (secondary N) is 1. The van der Waals surface area contributed by atoms with Crippen LogP contribution in [0.4, 0.5) is 0 Å². The van der Waals surface area contributed by atoms with Crippen molar-refractivity contribution in [2.75, 3.05) is 13.1 Å². The summed E-state index contributed by atoms with van der Waals surface area (Å²) in [5, 5.41) is 3.58. The molecule has 0 spiro atoms.